The molecule has 0 bridgehead atoms. The van der Waals surface area contributed by atoms with Gasteiger partial charge in [-0.15, -0.1) is 0 Å². The van der Waals surface area contributed by atoms with Crippen LogP contribution in [0.25, 0.3) is 0 Å². The number of carboxylic acids is 1. The van der Waals surface area contributed by atoms with Gasteiger partial charge in [-0.25, -0.2) is 4.79 Å². The lowest BCUT2D eigenvalue weighted by Gasteiger charge is -2.49. The summed E-state index contributed by atoms with van der Waals surface area (Å²) in [7, 11) is 0. The lowest BCUT2D eigenvalue weighted by atomic mass is 9.75. The molecule has 0 radical (unpaired) electrons. The average Bonchev–Trinajstić information content (AvgIpc) is 3.38. The van der Waals surface area contributed by atoms with E-state index in [1.54, 1.807) is 0 Å². The smallest absolute Gasteiger partial charge is 0.332 e. The number of hydrogen-bond acceptors (Lipinski definition) is 18. The highest BCUT2D eigenvalue weighted by atomic mass is 79.9. The summed E-state index contributed by atoms with van der Waals surface area (Å²) in [6.07, 6.45) is -8.07. The first-order valence-electron chi connectivity index (χ1n) is 27.4. The fraction of sp³-hybridized carbons (Fsp3) is 0.827. The van der Waals surface area contributed by atoms with E-state index >= 15 is 0 Å². The molecule has 14 unspecified atom stereocenters. The number of carbonyl (C=O) groups is 3. The number of rotatable bonds is 20. The van der Waals surface area contributed by atoms with E-state index in [-0.39, 0.29) is 24.7 Å². The van der Waals surface area contributed by atoms with Gasteiger partial charge >= 0.3 is 5.97 Å². The summed E-state index contributed by atoms with van der Waals surface area (Å²) in [5.41, 5.74) is 2.31. The molecule has 1 aromatic rings. The van der Waals surface area contributed by atoms with Gasteiger partial charge in [-0.2, -0.15) is 0 Å². The normalized spacial score (nSPS) is 34.0. The number of carboxylic acid groups (broad SMARTS) is 1. The first-order valence-corrected chi connectivity index (χ1v) is 28.2. The topological polar surface area (TPSA) is 294 Å². The molecule has 3 heterocycles. The van der Waals surface area contributed by atoms with Gasteiger partial charge in [0.05, 0.1) is 24.9 Å². The van der Waals surface area contributed by atoms with Gasteiger partial charge in [-0.3, -0.25) is 14.5 Å². The summed E-state index contributed by atoms with van der Waals surface area (Å²) in [6, 6.07) is 5.14. The molecule has 15 atom stereocenters. The van der Waals surface area contributed by atoms with Crippen LogP contribution in [0.1, 0.15) is 103 Å². The number of ether oxygens (including phenoxy) is 5. The van der Waals surface area contributed by atoms with E-state index in [1.165, 1.54) is 19.4 Å². The summed E-state index contributed by atoms with van der Waals surface area (Å²) in [5.74, 6) is -2.95. The molecule has 22 heteroatoms. The molecule has 6 rings (SSSR count). The Labute approximate surface area is 445 Å². The van der Waals surface area contributed by atoms with E-state index in [9.17, 15) is 45.0 Å². The Morgan fingerprint density at radius 2 is 1.57 bits per heavy atom. The summed E-state index contributed by atoms with van der Waals surface area (Å²) in [4.78, 5) is 42.2. The third-order valence-corrected chi connectivity index (χ3v) is 16.1. The second-order valence-corrected chi connectivity index (χ2v) is 21.9. The molecule has 3 saturated heterocycles. The van der Waals surface area contributed by atoms with Crippen molar-refractivity contribution in [3.63, 3.8) is 0 Å². The molecule has 422 valence electrons. The first-order chi connectivity index (χ1) is 35.7. The zero-order chi connectivity index (χ0) is 53.1. The lowest BCUT2D eigenvalue weighted by molar-refractivity contribution is -0.338. The molecule has 3 aliphatic heterocycles. The molecule has 2 saturated carbocycles. The lowest BCUT2D eigenvalue weighted by Crippen LogP contribution is -2.67. The molecule has 0 aromatic heterocycles. The third-order valence-electron chi connectivity index (χ3n) is 15.4. The maximum absolute atomic E-state index is 14.1. The molecule has 12 N–H and O–H groups in total. The van der Waals surface area contributed by atoms with Crippen molar-refractivity contribution in [1.29, 1.82) is 0 Å². The average molecular weight is 1120 g/mol. The Hall–Kier alpha value is -2.49. The fourth-order valence-electron chi connectivity index (χ4n) is 11.1. The monoisotopic (exact) mass is 1110 g/mol. The summed E-state index contributed by atoms with van der Waals surface area (Å²) >= 11 is 3.83. The van der Waals surface area contributed by atoms with Gasteiger partial charge in [-0.05, 0) is 94.2 Å². The molecule has 2 aliphatic carbocycles. The van der Waals surface area contributed by atoms with Crippen LogP contribution >= 0.6 is 15.9 Å². The van der Waals surface area contributed by atoms with Crippen molar-refractivity contribution in [2.45, 2.75) is 184 Å². The molecule has 1 aromatic carbocycles. The fourth-order valence-corrected chi connectivity index (χ4v) is 11.7. The van der Waals surface area contributed by atoms with Crippen LogP contribution in [-0.4, -0.2) is 205 Å². The number of aliphatic hydroxyl groups is 5. The van der Waals surface area contributed by atoms with E-state index in [4.69, 9.17) is 23.7 Å². The van der Waals surface area contributed by atoms with Crippen molar-refractivity contribution in [2.24, 2.45) is 17.8 Å². The van der Waals surface area contributed by atoms with Crippen LogP contribution in [0.5, 0.6) is 0 Å². The highest BCUT2D eigenvalue weighted by Gasteiger charge is 2.53. The van der Waals surface area contributed by atoms with Crippen molar-refractivity contribution in [2.75, 3.05) is 72.1 Å². The van der Waals surface area contributed by atoms with Gasteiger partial charge in [0, 0.05) is 69.7 Å². The van der Waals surface area contributed by atoms with Crippen molar-refractivity contribution >= 4 is 33.7 Å². The summed E-state index contributed by atoms with van der Waals surface area (Å²) in [6.45, 7) is 14.1. The van der Waals surface area contributed by atoms with Gasteiger partial charge in [0.15, 0.2) is 18.7 Å². The third kappa shape index (κ3) is 18.0. The van der Waals surface area contributed by atoms with E-state index in [2.05, 4.69) is 70.9 Å². The summed E-state index contributed by atoms with van der Waals surface area (Å²) in [5, 5.41) is 84.5. The van der Waals surface area contributed by atoms with Crippen LogP contribution in [0.4, 0.5) is 0 Å². The van der Waals surface area contributed by atoms with Gasteiger partial charge in [-0.1, -0.05) is 73.5 Å². The van der Waals surface area contributed by atoms with Crippen LogP contribution in [0.3, 0.4) is 0 Å². The predicted molar refractivity (Wildman–Crippen MR) is 277 cm³/mol. The maximum Gasteiger partial charge on any atom is 0.332 e. The number of aliphatic hydroxyl groups excluding tert-OH is 5. The highest BCUT2D eigenvalue weighted by Crippen LogP contribution is 2.40. The second kappa shape index (κ2) is 31.2. The molecular formula is C52H88BrN7O14. The van der Waals surface area contributed by atoms with Crippen LogP contribution in [0, 0.1) is 17.8 Å². The SMILES string of the molecule is CCC1CC(C(=O)NCCNCc2ccc(CN3CCCNCCNCCCNCC3)c(Br)c2)CC(OC2OC(CO)C(O)C(O[C@@H](CC3CCCCC3)C(=O)O)C2NC(C)=O)C1OC1OC(C)C(O)C(O)C1O. The number of carbonyl (C=O) groups excluding carboxylic acids is 2. The molecule has 74 heavy (non-hydrogen) atoms. The number of halogens is 1. The van der Waals surface area contributed by atoms with E-state index in [0.717, 1.165) is 114 Å². The Morgan fingerprint density at radius 1 is 0.838 bits per heavy atom. The number of nitrogens with zero attached hydrogens (tertiary/aromatic N) is 1. The largest absolute Gasteiger partial charge is 0.479 e. The van der Waals surface area contributed by atoms with Gasteiger partial charge in [0.1, 0.15) is 42.7 Å². The Bertz CT molecular complexity index is 1840. The molecule has 5 aliphatic rings. The number of aliphatic carboxylic acids is 1. The van der Waals surface area contributed by atoms with E-state index in [1.807, 2.05) is 6.92 Å². The van der Waals surface area contributed by atoms with Crippen molar-refractivity contribution < 1.29 is 68.7 Å². The number of hydrogen-bond donors (Lipinski definition) is 12. The highest BCUT2D eigenvalue weighted by molar-refractivity contribution is 9.10. The van der Waals surface area contributed by atoms with Crippen molar-refractivity contribution in [1.82, 2.24) is 36.8 Å². The minimum Gasteiger partial charge on any atom is -0.479 e. The van der Waals surface area contributed by atoms with Gasteiger partial charge in [0.2, 0.25) is 11.8 Å². The quantitative estimate of drug-likeness (QED) is 0.0790. The maximum atomic E-state index is 14.1. The van der Waals surface area contributed by atoms with Crippen LogP contribution in [0.15, 0.2) is 22.7 Å². The second-order valence-electron chi connectivity index (χ2n) is 21.0. The standard InChI is InChI=1S/C52H88BrN7O14/c1-4-35-26-37(49(67)58-20-19-57-28-34-12-13-36(38(53)24-34)29-60-22-9-16-55-18-17-54-14-8-15-56-21-23-60)27-39(47(35)74-52-46(66)45(65)43(63)31(2)70-52)72-51-42(59-32(3)62)48(44(64)41(30-61)73-51)71-40(50(68)69)25-33-10-6-5-7-11-33/h12-13,24,31,33,35,37,39-48,51-52,54-57,61,63-66H,4-11,14-23,25-30H2,1-3H3,(H,58,67)(H,59,62)(H,68,69)/t31?,35?,37?,39?,40-,41?,42?,43?,44?,45?,46?,47?,48?,51?,52?/m0/s1. The zero-order valence-corrected chi connectivity index (χ0v) is 45.3. The first kappa shape index (κ1) is 60.7. The molecule has 5 fully saturated rings. The predicted octanol–water partition coefficient (Wildman–Crippen LogP) is 0.445. The molecule has 21 nitrogen and oxygen atoms in total. The Kier molecular flexibility index (Phi) is 25.6. The van der Waals surface area contributed by atoms with E-state index in [0.29, 0.717) is 32.5 Å². The molecule has 0 spiro atoms. The molecule has 2 amide bonds. The van der Waals surface area contributed by atoms with Gasteiger partial charge < -0.3 is 86.2 Å². The Balaban J connectivity index is 1.12. The number of nitrogens with one attached hydrogen (secondary N) is 6. The summed E-state index contributed by atoms with van der Waals surface area (Å²) < 4.78 is 32.6. The van der Waals surface area contributed by atoms with Crippen LogP contribution < -0.4 is 31.9 Å². The minimum absolute atomic E-state index is 0.0524. The van der Waals surface area contributed by atoms with E-state index < -0.39 is 110 Å². The Morgan fingerprint density at radius 3 is 2.26 bits per heavy atom. The van der Waals surface area contributed by atoms with Gasteiger partial charge in [0.25, 0.3) is 0 Å². The van der Waals surface area contributed by atoms with Crippen molar-refractivity contribution in [3.8, 4) is 0 Å². The molecular weight excluding hydrogens is 1030 g/mol. The number of benzene rings is 1. The van der Waals surface area contributed by atoms with Crippen molar-refractivity contribution in [3.05, 3.63) is 33.8 Å². The minimum atomic E-state index is -1.64. The zero-order valence-electron chi connectivity index (χ0n) is 43.7. The van der Waals surface area contributed by atoms with Crippen LogP contribution in [0.2, 0.25) is 0 Å². The number of amides is 2. The van der Waals surface area contributed by atoms with Crippen LogP contribution in [-0.2, 0) is 51.2 Å².